The summed E-state index contributed by atoms with van der Waals surface area (Å²) < 4.78 is 23.1. The van der Waals surface area contributed by atoms with Gasteiger partial charge in [0.25, 0.3) is 0 Å². The molecule has 0 aliphatic carbocycles. The minimum Gasteiger partial charge on any atom is -0.341 e. The van der Waals surface area contributed by atoms with Crippen molar-refractivity contribution in [2.45, 2.75) is 17.4 Å². The Hall–Kier alpha value is -1.53. The Morgan fingerprint density at radius 1 is 1.22 bits per heavy atom. The monoisotopic (exact) mass is 349 g/mol. The first-order valence-electron chi connectivity index (χ1n) is 7.52. The molecule has 1 saturated heterocycles. The smallest absolute Gasteiger partial charge is 0.232 e. The average Bonchev–Trinajstić information content (AvgIpc) is 2.91. The molecule has 0 spiro atoms. The highest BCUT2D eigenvalue weighted by atomic mass is 32.2. The molecule has 1 fully saturated rings. The molecule has 23 heavy (non-hydrogen) atoms. The minimum absolute atomic E-state index is 0.0229. The number of thioether (sulfide) groups is 1. The van der Waals surface area contributed by atoms with Crippen molar-refractivity contribution in [1.82, 2.24) is 4.90 Å². The van der Waals surface area contributed by atoms with Gasteiger partial charge in [0, 0.05) is 18.0 Å². The lowest BCUT2D eigenvalue weighted by molar-refractivity contribution is -0.128. The van der Waals surface area contributed by atoms with Gasteiger partial charge in [0.15, 0.2) is 9.84 Å². The maximum atomic E-state index is 12.3. The average molecular weight is 349 g/mol. The number of hydrogen-bond acceptors (Lipinski definition) is 4. The third kappa shape index (κ3) is 3.87. The molecule has 2 aromatic rings. The molecule has 1 aliphatic heterocycles. The topological polar surface area (TPSA) is 54.5 Å². The highest BCUT2D eigenvalue weighted by Crippen LogP contribution is 2.24. The summed E-state index contributed by atoms with van der Waals surface area (Å²) in [7, 11) is -1.26. The van der Waals surface area contributed by atoms with E-state index < -0.39 is 9.84 Å². The van der Waals surface area contributed by atoms with E-state index in [9.17, 15) is 13.2 Å². The Kier molecular flexibility index (Phi) is 4.64. The summed E-state index contributed by atoms with van der Waals surface area (Å²) in [6, 6.07) is 14.1. The lowest BCUT2D eigenvalue weighted by Crippen LogP contribution is -2.38. The van der Waals surface area contributed by atoms with Crippen LogP contribution >= 0.6 is 11.8 Å². The summed E-state index contributed by atoms with van der Waals surface area (Å²) in [6.45, 7) is 0. The van der Waals surface area contributed by atoms with E-state index in [1.807, 2.05) is 18.2 Å². The molecule has 6 heteroatoms. The lowest BCUT2D eigenvalue weighted by Gasteiger charge is -2.23. The van der Waals surface area contributed by atoms with Crippen molar-refractivity contribution in [3.63, 3.8) is 0 Å². The van der Waals surface area contributed by atoms with E-state index in [2.05, 4.69) is 24.3 Å². The standard InChI is InChI=1S/C17H19NO3S2/c1-18(15-8-9-23(20,21)12-15)17(19)11-22-16-7-6-13-4-2-3-5-14(13)10-16/h2-7,10,15H,8-9,11-12H2,1H3/t15-/m1/s1. The van der Waals surface area contributed by atoms with Gasteiger partial charge in [-0.3, -0.25) is 4.79 Å². The SMILES string of the molecule is CN(C(=O)CSc1ccc2ccccc2c1)[C@@H]1CCS(=O)(=O)C1. The van der Waals surface area contributed by atoms with Gasteiger partial charge < -0.3 is 4.90 Å². The fourth-order valence-corrected chi connectivity index (χ4v) is 5.43. The Morgan fingerprint density at radius 2 is 1.96 bits per heavy atom. The number of benzene rings is 2. The van der Waals surface area contributed by atoms with E-state index in [4.69, 9.17) is 0 Å². The van der Waals surface area contributed by atoms with Gasteiger partial charge in [0.2, 0.25) is 5.91 Å². The maximum Gasteiger partial charge on any atom is 0.232 e. The number of rotatable bonds is 4. The summed E-state index contributed by atoms with van der Waals surface area (Å²) in [5.41, 5.74) is 0. The highest BCUT2D eigenvalue weighted by Gasteiger charge is 2.32. The fraction of sp³-hybridized carbons (Fsp3) is 0.353. The minimum atomic E-state index is -2.97. The Balaban J connectivity index is 1.61. The third-order valence-corrected chi connectivity index (χ3v) is 6.96. The van der Waals surface area contributed by atoms with Crippen molar-refractivity contribution in [1.29, 1.82) is 0 Å². The molecule has 2 aromatic carbocycles. The van der Waals surface area contributed by atoms with Crippen LogP contribution in [0, 0.1) is 0 Å². The molecule has 4 nitrogen and oxygen atoms in total. The molecule has 0 N–H and O–H groups in total. The van der Waals surface area contributed by atoms with Crippen LogP contribution in [0.2, 0.25) is 0 Å². The second-order valence-corrected chi connectivity index (χ2v) is 9.14. The zero-order valence-corrected chi connectivity index (χ0v) is 14.6. The fourth-order valence-electron chi connectivity index (χ4n) is 2.79. The van der Waals surface area contributed by atoms with Gasteiger partial charge in [-0.1, -0.05) is 30.3 Å². The van der Waals surface area contributed by atoms with Crippen LogP contribution in [0.5, 0.6) is 0 Å². The van der Waals surface area contributed by atoms with Crippen LogP contribution in [0.15, 0.2) is 47.4 Å². The molecule has 3 rings (SSSR count). The summed E-state index contributed by atoms with van der Waals surface area (Å²) in [6.07, 6.45) is 0.547. The molecule has 0 radical (unpaired) electrons. The van der Waals surface area contributed by atoms with Crippen LogP contribution in [-0.4, -0.2) is 49.6 Å². The molecule has 1 heterocycles. The zero-order valence-electron chi connectivity index (χ0n) is 12.9. The van der Waals surface area contributed by atoms with Crippen molar-refractivity contribution in [3.8, 4) is 0 Å². The largest absolute Gasteiger partial charge is 0.341 e. The van der Waals surface area contributed by atoms with E-state index in [0.29, 0.717) is 12.2 Å². The summed E-state index contributed by atoms with van der Waals surface area (Å²) in [5, 5.41) is 2.33. The van der Waals surface area contributed by atoms with E-state index in [1.165, 1.54) is 17.1 Å². The molecule has 1 aliphatic rings. The predicted octanol–water partition coefficient (Wildman–Crippen LogP) is 2.58. The van der Waals surface area contributed by atoms with E-state index in [-0.39, 0.29) is 23.5 Å². The molecular weight excluding hydrogens is 330 g/mol. The van der Waals surface area contributed by atoms with Crippen molar-refractivity contribution in [3.05, 3.63) is 42.5 Å². The Labute approximate surface area is 140 Å². The molecule has 0 saturated carbocycles. The molecule has 0 unspecified atom stereocenters. The highest BCUT2D eigenvalue weighted by molar-refractivity contribution is 8.00. The van der Waals surface area contributed by atoms with Crippen LogP contribution in [0.3, 0.4) is 0 Å². The van der Waals surface area contributed by atoms with Gasteiger partial charge in [-0.25, -0.2) is 8.42 Å². The van der Waals surface area contributed by atoms with Gasteiger partial charge in [-0.2, -0.15) is 0 Å². The molecule has 0 aromatic heterocycles. The molecule has 122 valence electrons. The second-order valence-electron chi connectivity index (χ2n) is 5.86. The number of carbonyl (C=O) groups excluding carboxylic acids is 1. The quantitative estimate of drug-likeness (QED) is 0.796. The number of carbonyl (C=O) groups is 1. The van der Waals surface area contributed by atoms with Crippen LogP contribution in [0.4, 0.5) is 0 Å². The molecular formula is C17H19NO3S2. The van der Waals surface area contributed by atoms with E-state index in [1.54, 1.807) is 11.9 Å². The van der Waals surface area contributed by atoms with Gasteiger partial charge in [0.05, 0.1) is 17.3 Å². The molecule has 1 amide bonds. The molecule has 1 atom stereocenters. The Morgan fingerprint density at radius 3 is 2.65 bits per heavy atom. The van der Waals surface area contributed by atoms with Crippen LogP contribution in [0.25, 0.3) is 10.8 Å². The maximum absolute atomic E-state index is 12.3. The van der Waals surface area contributed by atoms with Crippen LogP contribution in [0.1, 0.15) is 6.42 Å². The van der Waals surface area contributed by atoms with Crippen molar-refractivity contribution in [2.24, 2.45) is 0 Å². The number of fused-ring (bicyclic) bond motifs is 1. The van der Waals surface area contributed by atoms with Gasteiger partial charge in [-0.05, 0) is 29.3 Å². The summed E-state index contributed by atoms with van der Waals surface area (Å²) in [4.78, 5) is 14.9. The van der Waals surface area contributed by atoms with E-state index in [0.717, 1.165) is 10.3 Å². The van der Waals surface area contributed by atoms with Gasteiger partial charge in [-0.15, -0.1) is 11.8 Å². The molecule has 0 bridgehead atoms. The Bertz CT molecular complexity index is 833. The first kappa shape index (κ1) is 16.3. The predicted molar refractivity (Wildman–Crippen MR) is 94.5 cm³/mol. The van der Waals surface area contributed by atoms with E-state index >= 15 is 0 Å². The van der Waals surface area contributed by atoms with Gasteiger partial charge >= 0.3 is 0 Å². The summed E-state index contributed by atoms with van der Waals surface area (Å²) >= 11 is 1.49. The lowest BCUT2D eigenvalue weighted by atomic mass is 10.1. The number of nitrogens with zero attached hydrogens (tertiary/aromatic N) is 1. The zero-order chi connectivity index (χ0) is 16.4. The van der Waals surface area contributed by atoms with Crippen LogP contribution in [-0.2, 0) is 14.6 Å². The normalized spacial score (nSPS) is 19.8. The van der Waals surface area contributed by atoms with Crippen molar-refractivity contribution < 1.29 is 13.2 Å². The first-order valence-corrected chi connectivity index (χ1v) is 10.3. The van der Waals surface area contributed by atoms with Crippen LogP contribution < -0.4 is 0 Å². The third-order valence-electron chi connectivity index (χ3n) is 4.23. The van der Waals surface area contributed by atoms with Gasteiger partial charge in [0.1, 0.15) is 0 Å². The van der Waals surface area contributed by atoms with Crippen molar-refractivity contribution >= 4 is 38.3 Å². The van der Waals surface area contributed by atoms with Crippen molar-refractivity contribution in [2.75, 3.05) is 24.3 Å². The number of hydrogen-bond donors (Lipinski definition) is 0. The number of amides is 1. The summed E-state index contributed by atoms with van der Waals surface area (Å²) in [5.74, 6) is 0.583. The first-order chi connectivity index (χ1) is 10.9. The number of sulfone groups is 1. The second kappa shape index (κ2) is 6.53.